The molecule has 0 heterocycles. The maximum Gasteiger partial charge on any atom is 0.472 e. The Kier molecular flexibility index (Phi) is 19.1. The normalized spacial score (nSPS) is 16.6. The molecule has 38 heavy (non-hydrogen) atoms. The fraction of sp³-hybridized carbons (Fsp3) is 0.931. The third-order valence-corrected chi connectivity index (χ3v) is 12.9. The molecule has 0 saturated carbocycles. The lowest BCUT2D eigenvalue weighted by molar-refractivity contribution is -0.870. The van der Waals surface area contributed by atoms with Crippen molar-refractivity contribution < 1.29 is 27.4 Å². The fourth-order valence-electron chi connectivity index (χ4n) is 3.69. The quantitative estimate of drug-likeness (QED) is 0.0422. The van der Waals surface area contributed by atoms with Gasteiger partial charge in [0, 0.05) is 0 Å². The van der Waals surface area contributed by atoms with E-state index < -0.39 is 22.2 Å². The Hall–Kier alpha value is -0.0531. The van der Waals surface area contributed by atoms with E-state index in [2.05, 4.69) is 46.9 Å². The van der Waals surface area contributed by atoms with E-state index in [-0.39, 0.29) is 24.4 Å². The molecule has 0 amide bonds. The standard InChI is InChI=1S/C29H63N2O5PSi/c1-10-11-12-13-14-15-16-17-18-19-20-21-22-23-28(36-38(8,9)29(2,3)4)27(30)26-35-37(32,33)34-25-24-31(5,6)7/h22-23,27-28H,10-21,24-26,30H2,1-9H3/p+1/b23-22+/t27-,28+/m0/s1. The molecule has 1 unspecified atom stereocenters. The van der Waals surface area contributed by atoms with Gasteiger partial charge in [-0.05, 0) is 31.0 Å². The number of phosphoric acid groups is 1. The number of nitrogens with two attached hydrogens (primary N) is 1. The van der Waals surface area contributed by atoms with E-state index in [1.807, 2.05) is 27.2 Å². The van der Waals surface area contributed by atoms with Gasteiger partial charge in [0.05, 0.1) is 39.9 Å². The van der Waals surface area contributed by atoms with Crippen molar-refractivity contribution in [3.8, 4) is 0 Å². The summed E-state index contributed by atoms with van der Waals surface area (Å²) in [6.45, 7) is 13.8. The predicted molar refractivity (Wildman–Crippen MR) is 165 cm³/mol. The SMILES string of the molecule is CCCCCCCCCCCCC/C=C/[C@@H](O[Si](C)(C)C(C)(C)C)[C@@H](N)COP(=O)(O)OCC[N+](C)(C)C. The van der Waals surface area contributed by atoms with Crippen molar-refractivity contribution in [2.75, 3.05) is 40.9 Å². The van der Waals surface area contributed by atoms with Crippen molar-refractivity contribution in [1.29, 1.82) is 0 Å². The smallest absolute Gasteiger partial charge is 0.409 e. The summed E-state index contributed by atoms with van der Waals surface area (Å²) in [5, 5.41) is 0.0241. The lowest BCUT2D eigenvalue weighted by Crippen LogP contribution is -2.49. The number of unbranched alkanes of at least 4 members (excludes halogenated alkanes) is 11. The number of rotatable bonds is 23. The molecule has 0 spiro atoms. The van der Waals surface area contributed by atoms with E-state index in [9.17, 15) is 9.46 Å². The van der Waals surface area contributed by atoms with E-state index in [4.69, 9.17) is 19.2 Å². The highest BCUT2D eigenvalue weighted by Gasteiger charge is 2.40. The molecule has 0 aliphatic heterocycles. The van der Waals surface area contributed by atoms with Crippen LogP contribution in [-0.4, -0.2) is 70.7 Å². The summed E-state index contributed by atoms with van der Waals surface area (Å²) in [4.78, 5) is 10.1. The van der Waals surface area contributed by atoms with Crippen LogP contribution in [0.3, 0.4) is 0 Å². The minimum atomic E-state index is -4.17. The molecule has 0 aliphatic carbocycles. The third-order valence-electron chi connectivity index (χ3n) is 7.41. The van der Waals surface area contributed by atoms with Crippen LogP contribution in [0.1, 0.15) is 105 Å². The number of quaternary nitrogens is 1. The Labute approximate surface area is 237 Å². The molecule has 0 fully saturated rings. The maximum atomic E-state index is 12.4. The predicted octanol–water partition coefficient (Wildman–Crippen LogP) is 7.80. The van der Waals surface area contributed by atoms with Crippen LogP contribution in [0.2, 0.25) is 18.1 Å². The highest BCUT2D eigenvalue weighted by atomic mass is 31.2. The molecular weight excluding hydrogens is 515 g/mol. The van der Waals surface area contributed by atoms with E-state index in [1.165, 1.54) is 64.2 Å². The zero-order chi connectivity index (χ0) is 29.3. The van der Waals surface area contributed by atoms with Crippen molar-refractivity contribution >= 4 is 16.1 Å². The number of hydrogen-bond acceptors (Lipinski definition) is 5. The molecule has 3 atom stereocenters. The van der Waals surface area contributed by atoms with E-state index in [0.29, 0.717) is 11.0 Å². The highest BCUT2D eigenvalue weighted by molar-refractivity contribution is 7.47. The lowest BCUT2D eigenvalue weighted by atomic mass is 10.0. The molecule has 0 aromatic rings. The average Bonchev–Trinajstić information content (AvgIpc) is 2.78. The second-order valence-electron chi connectivity index (χ2n) is 13.4. The van der Waals surface area contributed by atoms with Gasteiger partial charge in [0.2, 0.25) is 0 Å². The van der Waals surface area contributed by atoms with Crippen molar-refractivity contribution in [2.24, 2.45) is 5.73 Å². The first-order valence-corrected chi connectivity index (χ1v) is 19.4. The molecule has 0 aliphatic rings. The van der Waals surface area contributed by atoms with E-state index >= 15 is 0 Å². The number of hydrogen-bond donors (Lipinski definition) is 2. The van der Waals surface area contributed by atoms with Crippen LogP contribution in [-0.2, 0) is 18.0 Å². The van der Waals surface area contributed by atoms with Crippen molar-refractivity contribution in [2.45, 2.75) is 135 Å². The molecule has 0 radical (unpaired) electrons. The molecule has 0 aromatic heterocycles. The molecule has 9 heteroatoms. The van der Waals surface area contributed by atoms with Gasteiger partial charge < -0.3 is 19.5 Å². The van der Waals surface area contributed by atoms with Gasteiger partial charge in [-0.2, -0.15) is 0 Å². The molecule has 3 N–H and O–H groups in total. The van der Waals surface area contributed by atoms with E-state index in [1.54, 1.807) is 0 Å². The lowest BCUT2D eigenvalue weighted by Gasteiger charge is -2.40. The third kappa shape index (κ3) is 19.9. The second kappa shape index (κ2) is 19.1. The molecule has 0 aromatic carbocycles. The number of nitrogens with zero attached hydrogens (tertiary/aromatic N) is 1. The first kappa shape index (κ1) is 37.9. The summed E-state index contributed by atoms with van der Waals surface area (Å²) >= 11 is 0. The van der Waals surface area contributed by atoms with Gasteiger partial charge in [-0.1, -0.05) is 104 Å². The Balaban J connectivity index is 4.67. The molecule has 7 nitrogen and oxygen atoms in total. The van der Waals surface area contributed by atoms with Gasteiger partial charge in [-0.3, -0.25) is 9.05 Å². The van der Waals surface area contributed by atoms with Crippen molar-refractivity contribution in [3.63, 3.8) is 0 Å². The zero-order valence-corrected chi connectivity index (χ0v) is 28.4. The topological polar surface area (TPSA) is 91.0 Å². The van der Waals surface area contributed by atoms with Crippen LogP contribution in [0, 0.1) is 0 Å². The van der Waals surface area contributed by atoms with Crippen LogP contribution < -0.4 is 5.73 Å². The highest BCUT2D eigenvalue weighted by Crippen LogP contribution is 2.43. The van der Waals surface area contributed by atoms with Crippen LogP contribution in [0.5, 0.6) is 0 Å². The monoisotopic (exact) mass is 579 g/mol. The molecular formula is C29H64N2O5PSi+. The molecule has 0 bridgehead atoms. The summed E-state index contributed by atoms with van der Waals surface area (Å²) in [5.41, 5.74) is 6.45. The number of likely N-dealkylation sites (N-methyl/N-ethyl adjacent to an activating group) is 1. The summed E-state index contributed by atoms with van der Waals surface area (Å²) in [5.74, 6) is 0. The Bertz CT molecular complexity index is 677. The fourth-order valence-corrected chi connectivity index (χ4v) is 5.72. The summed E-state index contributed by atoms with van der Waals surface area (Å²) in [6.07, 6.45) is 19.4. The van der Waals surface area contributed by atoms with Crippen LogP contribution in [0.25, 0.3) is 0 Å². The van der Waals surface area contributed by atoms with Gasteiger partial charge in [0.25, 0.3) is 0 Å². The maximum absolute atomic E-state index is 12.4. The summed E-state index contributed by atoms with van der Waals surface area (Å²) in [7, 11) is -0.296. The summed E-state index contributed by atoms with van der Waals surface area (Å²) in [6, 6.07) is -0.569. The van der Waals surface area contributed by atoms with Crippen LogP contribution >= 0.6 is 7.82 Å². The number of phosphoric ester groups is 1. The first-order chi connectivity index (χ1) is 17.5. The first-order valence-electron chi connectivity index (χ1n) is 15.0. The minimum Gasteiger partial charge on any atom is -0.409 e. The van der Waals surface area contributed by atoms with Gasteiger partial charge in [0.15, 0.2) is 8.32 Å². The van der Waals surface area contributed by atoms with Crippen LogP contribution in [0.4, 0.5) is 0 Å². The zero-order valence-electron chi connectivity index (χ0n) is 26.5. The van der Waals surface area contributed by atoms with Crippen LogP contribution in [0.15, 0.2) is 12.2 Å². The van der Waals surface area contributed by atoms with Crippen molar-refractivity contribution in [1.82, 2.24) is 0 Å². The van der Waals surface area contributed by atoms with Gasteiger partial charge in [0.1, 0.15) is 13.2 Å². The second-order valence-corrected chi connectivity index (χ2v) is 19.6. The largest absolute Gasteiger partial charge is 0.472 e. The minimum absolute atomic E-state index is 0.0241. The number of allylic oxidation sites excluding steroid dienone is 1. The van der Waals surface area contributed by atoms with Gasteiger partial charge in [-0.15, -0.1) is 0 Å². The Morgan fingerprint density at radius 3 is 1.89 bits per heavy atom. The molecule has 228 valence electrons. The average molecular weight is 580 g/mol. The Morgan fingerprint density at radius 1 is 0.921 bits per heavy atom. The summed E-state index contributed by atoms with van der Waals surface area (Å²) < 4.78 is 30.0. The van der Waals surface area contributed by atoms with Gasteiger partial charge >= 0.3 is 7.82 Å². The van der Waals surface area contributed by atoms with Crippen molar-refractivity contribution in [3.05, 3.63) is 12.2 Å². The molecule has 0 saturated heterocycles. The van der Waals surface area contributed by atoms with E-state index in [0.717, 1.165) is 12.8 Å². The molecule has 0 rings (SSSR count). The van der Waals surface area contributed by atoms with Gasteiger partial charge in [-0.25, -0.2) is 4.57 Å². The Morgan fingerprint density at radius 2 is 1.42 bits per heavy atom.